The zero-order chi connectivity index (χ0) is 19.1. The SMILES string of the molecule is O=C(O)C[C@]1(C(=O)NCc2ccccc2)CC(C=Cc2ccccc2)=NO1. The van der Waals surface area contributed by atoms with Crippen molar-refractivity contribution >= 4 is 23.7 Å². The second-order valence-electron chi connectivity index (χ2n) is 6.33. The van der Waals surface area contributed by atoms with Crippen molar-refractivity contribution in [3.63, 3.8) is 0 Å². The van der Waals surface area contributed by atoms with Gasteiger partial charge >= 0.3 is 5.97 Å². The number of nitrogens with one attached hydrogen (secondary N) is 1. The highest BCUT2D eigenvalue weighted by molar-refractivity contribution is 6.04. The van der Waals surface area contributed by atoms with Gasteiger partial charge in [0.2, 0.25) is 5.60 Å². The van der Waals surface area contributed by atoms with Crippen LogP contribution in [0, 0.1) is 0 Å². The van der Waals surface area contributed by atoms with E-state index in [2.05, 4.69) is 10.5 Å². The second-order valence-corrected chi connectivity index (χ2v) is 6.33. The third-order valence-corrected chi connectivity index (χ3v) is 4.22. The fourth-order valence-corrected chi connectivity index (χ4v) is 2.83. The first kappa shape index (κ1) is 18.4. The minimum Gasteiger partial charge on any atom is -0.481 e. The number of carbonyl (C=O) groups is 2. The minimum atomic E-state index is -1.53. The molecule has 1 atom stereocenters. The van der Waals surface area contributed by atoms with Crippen LogP contribution in [0.1, 0.15) is 24.0 Å². The molecule has 1 amide bonds. The highest BCUT2D eigenvalue weighted by Crippen LogP contribution is 2.29. The highest BCUT2D eigenvalue weighted by atomic mass is 16.7. The number of benzene rings is 2. The van der Waals surface area contributed by atoms with Gasteiger partial charge in [-0.15, -0.1) is 0 Å². The Balaban J connectivity index is 1.68. The average molecular weight is 364 g/mol. The summed E-state index contributed by atoms with van der Waals surface area (Å²) in [6, 6.07) is 19.0. The molecular formula is C21H20N2O4. The zero-order valence-electron chi connectivity index (χ0n) is 14.7. The Hall–Kier alpha value is -3.41. The molecule has 6 nitrogen and oxygen atoms in total. The van der Waals surface area contributed by atoms with E-state index >= 15 is 0 Å². The van der Waals surface area contributed by atoms with Gasteiger partial charge in [0.15, 0.2) is 0 Å². The summed E-state index contributed by atoms with van der Waals surface area (Å²) in [7, 11) is 0. The topological polar surface area (TPSA) is 88.0 Å². The van der Waals surface area contributed by atoms with Crippen molar-refractivity contribution < 1.29 is 19.5 Å². The van der Waals surface area contributed by atoms with Crippen molar-refractivity contribution in [3.8, 4) is 0 Å². The number of hydrogen-bond acceptors (Lipinski definition) is 4. The molecule has 0 aliphatic carbocycles. The Kier molecular flexibility index (Phi) is 5.66. The van der Waals surface area contributed by atoms with Crippen LogP contribution in [0.5, 0.6) is 0 Å². The van der Waals surface area contributed by atoms with Gasteiger partial charge in [0.25, 0.3) is 5.91 Å². The van der Waals surface area contributed by atoms with Gasteiger partial charge in [-0.2, -0.15) is 0 Å². The van der Waals surface area contributed by atoms with Crippen LogP contribution in [0.2, 0.25) is 0 Å². The lowest BCUT2D eigenvalue weighted by Crippen LogP contribution is -2.48. The molecule has 0 bridgehead atoms. The summed E-state index contributed by atoms with van der Waals surface area (Å²) < 4.78 is 0. The van der Waals surface area contributed by atoms with Gasteiger partial charge in [-0.25, -0.2) is 0 Å². The van der Waals surface area contributed by atoms with Gasteiger partial charge in [-0.3, -0.25) is 9.59 Å². The Bertz CT molecular complexity index is 862. The summed E-state index contributed by atoms with van der Waals surface area (Å²) in [4.78, 5) is 29.3. The number of carboxylic acids is 1. The summed E-state index contributed by atoms with van der Waals surface area (Å²) in [5.41, 5.74) is 0.885. The molecule has 0 unspecified atom stereocenters. The minimum absolute atomic E-state index is 0.100. The van der Waals surface area contributed by atoms with Crippen molar-refractivity contribution in [1.29, 1.82) is 0 Å². The molecule has 1 aliphatic heterocycles. The third-order valence-electron chi connectivity index (χ3n) is 4.22. The lowest BCUT2D eigenvalue weighted by molar-refractivity contribution is -0.156. The Morgan fingerprint density at radius 3 is 2.41 bits per heavy atom. The number of carbonyl (C=O) groups excluding carboxylic acids is 1. The molecule has 0 fully saturated rings. The maximum absolute atomic E-state index is 12.7. The smallest absolute Gasteiger partial charge is 0.308 e. The first-order chi connectivity index (χ1) is 13.1. The van der Waals surface area contributed by atoms with Gasteiger partial charge in [0.05, 0.1) is 12.1 Å². The number of nitrogens with zero attached hydrogens (tertiary/aromatic N) is 1. The van der Waals surface area contributed by atoms with Gasteiger partial charge in [-0.05, 0) is 17.2 Å². The summed E-state index contributed by atoms with van der Waals surface area (Å²) in [6.45, 7) is 0.291. The van der Waals surface area contributed by atoms with E-state index in [1.54, 1.807) is 6.08 Å². The van der Waals surface area contributed by atoms with E-state index in [1.807, 2.05) is 66.7 Å². The predicted molar refractivity (Wildman–Crippen MR) is 102 cm³/mol. The number of rotatable bonds is 7. The first-order valence-corrected chi connectivity index (χ1v) is 8.60. The quantitative estimate of drug-likeness (QED) is 0.790. The number of oxime groups is 1. The maximum Gasteiger partial charge on any atom is 0.308 e. The molecule has 0 saturated carbocycles. The molecule has 0 spiro atoms. The van der Waals surface area contributed by atoms with Crippen molar-refractivity contribution in [1.82, 2.24) is 5.32 Å². The van der Waals surface area contributed by atoms with Gasteiger partial charge in [0, 0.05) is 13.0 Å². The van der Waals surface area contributed by atoms with Gasteiger partial charge < -0.3 is 15.3 Å². The fraction of sp³-hybridized carbons (Fsp3) is 0.190. The van der Waals surface area contributed by atoms with Crippen LogP contribution in [-0.2, 0) is 21.0 Å². The van der Waals surface area contributed by atoms with Crippen LogP contribution in [0.3, 0.4) is 0 Å². The summed E-state index contributed by atoms with van der Waals surface area (Å²) in [5.74, 6) is -1.60. The van der Waals surface area contributed by atoms with Gasteiger partial charge in [-0.1, -0.05) is 71.9 Å². The Labute approximate surface area is 157 Å². The molecule has 27 heavy (non-hydrogen) atoms. The van der Waals surface area contributed by atoms with Gasteiger partial charge in [0.1, 0.15) is 0 Å². The Morgan fingerprint density at radius 1 is 1.07 bits per heavy atom. The number of aliphatic carboxylic acids is 1. The third kappa shape index (κ3) is 4.82. The number of hydrogen-bond donors (Lipinski definition) is 2. The molecule has 2 aromatic rings. The lowest BCUT2D eigenvalue weighted by Gasteiger charge is -2.23. The van der Waals surface area contributed by atoms with E-state index in [9.17, 15) is 14.7 Å². The van der Waals surface area contributed by atoms with E-state index in [1.165, 1.54) is 0 Å². The molecule has 0 aromatic heterocycles. The zero-order valence-corrected chi connectivity index (χ0v) is 14.7. The standard InChI is InChI=1S/C21H20N2O4/c24-19(25)14-21(20(26)22-15-17-9-5-2-6-10-17)13-18(23-27-21)12-11-16-7-3-1-4-8-16/h1-12H,13-15H2,(H,22,26)(H,24,25)/t21-/m0/s1. The van der Waals surface area contributed by atoms with Crippen LogP contribution in [0.15, 0.2) is 71.9 Å². The summed E-state index contributed by atoms with van der Waals surface area (Å²) in [5, 5.41) is 15.9. The van der Waals surface area contributed by atoms with Crippen LogP contribution < -0.4 is 5.32 Å². The lowest BCUT2D eigenvalue weighted by atomic mass is 9.92. The molecule has 1 heterocycles. The Morgan fingerprint density at radius 2 is 1.74 bits per heavy atom. The van der Waals surface area contributed by atoms with Crippen LogP contribution in [0.4, 0.5) is 0 Å². The molecule has 0 saturated heterocycles. The van der Waals surface area contributed by atoms with Crippen molar-refractivity contribution in [2.24, 2.45) is 5.16 Å². The van der Waals surface area contributed by atoms with Crippen molar-refractivity contribution in [2.45, 2.75) is 25.0 Å². The van der Waals surface area contributed by atoms with E-state index in [0.29, 0.717) is 12.3 Å². The summed E-state index contributed by atoms with van der Waals surface area (Å²) in [6.07, 6.45) is 3.23. The number of amides is 1. The first-order valence-electron chi connectivity index (χ1n) is 8.60. The molecule has 2 N–H and O–H groups in total. The number of allylic oxidation sites excluding steroid dienone is 1. The van der Waals surface area contributed by atoms with E-state index in [4.69, 9.17) is 4.84 Å². The molecule has 0 radical (unpaired) electrons. The van der Waals surface area contributed by atoms with E-state index < -0.39 is 23.9 Å². The largest absolute Gasteiger partial charge is 0.481 e. The molecule has 2 aromatic carbocycles. The van der Waals surface area contributed by atoms with Crippen LogP contribution >= 0.6 is 0 Å². The monoisotopic (exact) mass is 364 g/mol. The van der Waals surface area contributed by atoms with Crippen molar-refractivity contribution in [3.05, 3.63) is 77.9 Å². The molecule has 138 valence electrons. The predicted octanol–water partition coefficient (Wildman–Crippen LogP) is 3.01. The molecule has 3 rings (SSSR count). The summed E-state index contributed by atoms with van der Waals surface area (Å²) >= 11 is 0. The number of carboxylic acid groups (broad SMARTS) is 1. The van der Waals surface area contributed by atoms with Crippen LogP contribution in [0.25, 0.3) is 6.08 Å². The fourth-order valence-electron chi connectivity index (χ4n) is 2.83. The maximum atomic E-state index is 12.7. The van der Waals surface area contributed by atoms with Crippen LogP contribution in [-0.4, -0.2) is 28.3 Å². The molecule has 6 heteroatoms. The van der Waals surface area contributed by atoms with Crippen molar-refractivity contribution in [2.75, 3.05) is 0 Å². The highest BCUT2D eigenvalue weighted by Gasteiger charge is 2.47. The average Bonchev–Trinajstić information content (AvgIpc) is 3.09. The van der Waals surface area contributed by atoms with E-state index in [0.717, 1.165) is 11.1 Å². The normalized spacial score (nSPS) is 18.7. The van der Waals surface area contributed by atoms with E-state index in [-0.39, 0.29) is 6.42 Å². The molecule has 1 aliphatic rings. The molecular weight excluding hydrogens is 344 g/mol. The second kappa shape index (κ2) is 8.31.